The predicted octanol–water partition coefficient (Wildman–Crippen LogP) is 1.10. The topological polar surface area (TPSA) is 69.7 Å². The molecule has 0 heterocycles. The van der Waals surface area contributed by atoms with Crippen LogP contribution in [-0.4, -0.2) is 25.3 Å². The summed E-state index contributed by atoms with van der Waals surface area (Å²) in [6, 6.07) is 8.18. The summed E-state index contributed by atoms with van der Waals surface area (Å²) in [5, 5.41) is 0. The summed E-state index contributed by atoms with van der Waals surface area (Å²) < 4.78 is 8.98. The maximum absolute atomic E-state index is 11.4. The highest BCUT2D eigenvalue weighted by molar-refractivity contribution is 6.07. The van der Waals surface area contributed by atoms with E-state index in [1.165, 1.54) is 0 Å². The fourth-order valence-corrected chi connectivity index (χ4v) is 1.00. The molecule has 0 unspecified atom stereocenters. The molecule has 5 heteroatoms. The van der Waals surface area contributed by atoms with E-state index in [1.807, 2.05) is 0 Å². The number of methoxy groups -OCH3 is 1. The van der Waals surface area contributed by atoms with Crippen molar-refractivity contribution in [3.63, 3.8) is 0 Å². The molecule has 0 saturated heterocycles. The molecule has 0 aromatic heterocycles. The van der Waals surface area contributed by atoms with Gasteiger partial charge in [0.05, 0.1) is 12.7 Å². The van der Waals surface area contributed by atoms with Gasteiger partial charge in [0.15, 0.2) is 6.29 Å². The average molecular weight is 234 g/mol. The molecule has 0 spiro atoms. The second-order valence-electron chi connectivity index (χ2n) is 2.95. The van der Waals surface area contributed by atoms with Crippen LogP contribution in [0.4, 0.5) is 0 Å². The molecule has 0 aliphatic rings. The first-order chi connectivity index (χ1) is 8.19. The molecular weight excluding hydrogens is 224 g/mol. The third kappa shape index (κ3) is 3.57. The highest BCUT2D eigenvalue weighted by Gasteiger charge is 2.11. The Kier molecular flexibility index (Phi) is 4.62. The number of benzene rings is 1. The Bertz CT molecular complexity index is 447. The predicted molar refractivity (Wildman–Crippen MR) is 58.0 cm³/mol. The van der Waals surface area contributed by atoms with E-state index >= 15 is 0 Å². The van der Waals surface area contributed by atoms with Crippen molar-refractivity contribution in [2.24, 2.45) is 0 Å². The van der Waals surface area contributed by atoms with Gasteiger partial charge in [0, 0.05) is 0 Å². The average Bonchev–Trinajstić information content (AvgIpc) is 2.39. The second kappa shape index (κ2) is 6.22. The SMILES string of the molecule is COC(=O)/C(C=O)=C\OC(=O)c1ccccc1. The van der Waals surface area contributed by atoms with Crippen molar-refractivity contribution in [1.29, 1.82) is 0 Å². The van der Waals surface area contributed by atoms with Gasteiger partial charge in [-0.1, -0.05) is 18.2 Å². The lowest BCUT2D eigenvalue weighted by molar-refractivity contribution is -0.136. The van der Waals surface area contributed by atoms with Gasteiger partial charge in [-0.2, -0.15) is 0 Å². The monoisotopic (exact) mass is 234 g/mol. The number of carbonyl (C=O) groups excluding carboxylic acids is 3. The van der Waals surface area contributed by atoms with E-state index in [1.54, 1.807) is 30.3 Å². The zero-order valence-electron chi connectivity index (χ0n) is 9.08. The van der Waals surface area contributed by atoms with Crippen molar-refractivity contribution in [3.05, 3.63) is 47.7 Å². The standard InChI is InChI=1S/C12H10O5/c1-16-11(14)10(7-13)8-17-12(15)9-5-3-2-4-6-9/h2-8H,1H3/b10-8-. The summed E-state index contributed by atoms with van der Waals surface area (Å²) in [5.74, 6) is -1.52. The number of hydrogen-bond donors (Lipinski definition) is 0. The lowest BCUT2D eigenvalue weighted by atomic mass is 10.2. The molecule has 0 atom stereocenters. The van der Waals surface area contributed by atoms with Gasteiger partial charge in [0.1, 0.15) is 11.8 Å². The largest absolute Gasteiger partial charge is 0.465 e. The Labute approximate surface area is 97.6 Å². The van der Waals surface area contributed by atoms with E-state index in [9.17, 15) is 14.4 Å². The summed E-state index contributed by atoms with van der Waals surface area (Å²) in [4.78, 5) is 32.9. The third-order valence-electron chi connectivity index (χ3n) is 1.85. The maximum atomic E-state index is 11.4. The molecule has 5 nitrogen and oxygen atoms in total. The molecule has 0 saturated carbocycles. The van der Waals surface area contributed by atoms with Gasteiger partial charge in [-0.25, -0.2) is 9.59 Å². The minimum Gasteiger partial charge on any atom is -0.465 e. The van der Waals surface area contributed by atoms with Crippen LogP contribution in [0.1, 0.15) is 10.4 Å². The van der Waals surface area contributed by atoms with Crippen LogP contribution >= 0.6 is 0 Å². The van der Waals surface area contributed by atoms with Crippen LogP contribution in [0.2, 0.25) is 0 Å². The number of esters is 2. The molecule has 17 heavy (non-hydrogen) atoms. The van der Waals surface area contributed by atoms with E-state index in [0.717, 1.165) is 13.4 Å². The van der Waals surface area contributed by atoms with Crippen LogP contribution in [0.25, 0.3) is 0 Å². The highest BCUT2D eigenvalue weighted by atomic mass is 16.5. The van der Waals surface area contributed by atoms with Gasteiger partial charge in [-0.15, -0.1) is 0 Å². The molecule has 0 amide bonds. The third-order valence-corrected chi connectivity index (χ3v) is 1.85. The lowest BCUT2D eigenvalue weighted by Gasteiger charge is -2.00. The first-order valence-corrected chi connectivity index (χ1v) is 4.68. The van der Waals surface area contributed by atoms with Crippen molar-refractivity contribution in [3.8, 4) is 0 Å². The fraction of sp³-hybridized carbons (Fsp3) is 0.0833. The van der Waals surface area contributed by atoms with Gasteiger partial charge in [-0.05, 0) is 12.1 Å². The minimum absolute atomic E-state index is 0.254. The van der Waals surface area contributed by atoms with Crippen molar-refractivity contribution in [2.75, 3.05) is 7.11 Å². The molecule has 1 aromatic carbocycles. The van der Waals surface area contributed by atoms with Gasteiger partial charge >= 0.3 is 11.9 Å². The Morgan fingerprint density at radius 1 is 1.18 bits per heavy atom. The normalized spacial score (nSPS) is 10.5. The van der Waals surface area contributed by atoms with Crippen LogP contribution in [0, 0.1) is 0 Å². The Balaban J connectivity index is 2.73. The van der Waals surface area contributed by atoms with Crippen molar-refractivity contribution in [2.45, 2.75) is 0 Å². The molecule has 0 N–H and O–H groups in total. The molecule has 88 valence electrons. The molecule has 0 aliphatic heterocycles. The molecule has 0 bridgehead atoms. The van der Waals surface area contributed by atoms with E-state index in [0.29, 0.717) is 5.56 Å². The maximum Gasteiger partial charge on any atom is 0.344 e. The van der Waals surface area contributed by atoms with Crippen LogP contribution in [0.15, 0.2) is 42.2 Å². The quantitative estimate of drug-likeness (QED) is 0.195. The first kappa shape index (κ1) is 12.6. The van der Waals surface area contributed by atoms with Gasteiger partial charge < -0.3 is 9.47 Å². The molecule has 1 rings (SSSR count). The number of carbonyl (C=O) groups is 3. The molecular formula is C12H10O5. The van der Waals surface area contributed by atoms with Crippen LogP contribution in [0.5, 0.6) is 0 Å². The van der Waals surface area contributed by atoms with E-state index < -0.39 is 11.9 Å². The molecule has 1 aromatic rings. The zero-order chi connectivity index (χ0) is 12.7. The zero-order valence-corrected chi connectivity index (χ0v) is 9.08. The summed E-state index contributed by atoms with van der Waals surface area (Å²) in [7, 11) is 1.12. The molecule has 0 aliphatic carbocycles. The smallest absolute Gasteiger partial charge is 0.344 e. The Morgan fingerprint density at radius 2 is 1.82 bits per heavy atom. The van der Waals surface area contributed by atoms with Crippen LogP contribution in [0.3, 0.4) is 0 Å². The van der Waals surface area contributed by atoms with Crippen molar-refractivity contribution < 1.29 is 23.9 Å². The van der Waals surface area contributed by atoms with Crippen molar-refractivity contribution in [1.82, 2.24) is 0 Å². The number of hydrogen-bond acceptors (Lipinski definition) is 5. The van der Waals surface area contributed by atoms with Crippen molar-refractivity contribution >= 4 is 18.2 Å². The van der Waals surface area contributed by atoms with Crippen LogP contribution in [-0.2, 0) is 19.1 Å². The molecule has 0 radical (unpaired) electrons. The summed E-state index contributed by atoms with van der Waals surface area (Å²) in [6.45, 7) is 0. The van der Waals surface area contributed by atoms with E-state index in [-0.39, 0.29) is 11.9 Å². The lowest BCUT2D eigenvalue weighted by Crippen LogP contribution is -2.08. The van der Waals surface area contributed by atoms with E-state index in [4.69, 9.17) is 0 Å². The molecule has 0 fully saturated rings. The van der Waals surface area contributed by atoms with Gasteiger partial charge in [0.25, 0.3) is 0 Å². The number of rotatable bonds is 4. The Hall–Kier alpha value is -2.43. The number of aldehydes is 1. The van der Waals surface area contributed by atoms with Crippen LogP contribution < -0.4 is 0 Å². The second-order valence-corrected chi connectivity index (χ2v) is 2.95. The minimum atomic E-state index is -0.860. The first-order valence-electron chi connectivity index (χ1n) is 4.68. The summed E-state index contributed by atoms with van der Waals surface area (Å²) in [6.07, 6.45) is 1.03. The van der Waals surface area contributed by atoms with Gasteiger partial charge in [-0.3, -0.25) is 4.79 Å². The van der Waals surface area contributed by atoms with Gasteiger partial charge in [0.2, 0.25) is 0 Å². The Morgan fingerprint density at radius 3 is 2.35 bits per heavy atom. The summed E-state index contributed by atoms with van der Waals surface area (Å²) >= 11 is 0. The van der Waals surface area contributed by atoms with E-state index in [2.05, 4.69) is 9.47 Å². The summed E-state index contributed by atoms with van der Waals surface area (Å²) in [5.41, 5.74) is -0.0457. The fourth-order valence-electron chi connectivity index (χ4n) is 1.00. The number of ether oxygens (including phenoxy) is 2. The highest BCUT2D eigenvalue weighted by Crippen LogP contribution is 2.03.